The van der Waals surface area contributed by atoms with E-state index in [-0.39, 0.29) is 27.8 Å². The molecule has 0 radical (unpaired) electrons. The van der Waals surface area contributed by atoms with Gasteiger partial charge in [-0.15, -0.1) is 5.10 Å². The first kappa shape index (κ1) is 24.5. The molecule has 1 N–H and O–H groups in total. The Hall–Kier alpha value is -3.83. The van der Waals surface area contributed by atoms with E-state index in [1.54, 1.807) is 10.9 Å². The quantitative estimate of drug-likeness (QED) is 0.368. The number of nitrogens with zero attached hydrogens (tertiary/aromatic N) is 5. The van der Waals surface area contributed by atoms with Crippen molar-refractivity contribution in [1.82, 2.24) is 29.5 Å². The minimum absolute atomic E-state index is 0.0676. The molecule has 0 aliphatic carbocycles. The first-order valence-electron chi connectivity index (χ1n) is 12.5. The summed E-state index contributed by atoms with van der Waals surface area (Å²) in [7, 11) is -1.88. The van der Waals surface area contributed by atoms with Crippen molar-refractivity contribution in [3.8, 4) is 11.3 Å². The molecule has 10 nitrogen and oxygen atoms in total. The third-order valence-electron chi connectivity index (χ3n) is 7.44. The zero-order valence-corrected chi connectivity index (χ0v) is 22.2. The summed E-state index contributed by atoms with van der Waals surface area (Å²) < 4.78 is 35.5. The van der Waals surface area contributed by atoms with Crippen molar-refractivity contribution in [2.45, 2.75) is 30.7 Å². The molecule has 1 atom stereocenters. The van der Waals surface area contributed by atoms with Crippen LogP contribution in [0, 0.1) is 12.8 Å². The standard InChI is InChI=1S/C27H28N6O4S/c1-16-24(32(2)31-30-16)19-13-20-23(28-14-19)22-26(21(38(3,35)36)15-29-27(22)34)33(20)25(17-7-5-4-6-8-17)18-9-11-37-12-10-18/h4-8,13-15,18,25H,9-12H2,1-3H3,(H,29,34)/t25-/m1/s1. The van der Waals surface area contributed by atoms with Gasteiger partial charge in [0.2, 0.25) is 0 Å². The molecule has 0 amide bonds. The minimum Gasteiger partial charge on any atom is -0.381 e. The number of hydrogen-bond acceptors (Lipinski definition) is 7. The molecule has 6 rings (SSSR count). The maximum Gasteiger partial charge on any atom is 0.259 e. The van der Waals surface area contributed by atoms with Gasteiger partial charge in [-0.2, -0.15) is 0 Å². The lowest BCUT2D eigenvalue weighted by Gasteiger charge is -2.33. The fourth-order valence-electron chi connectivity index (χ4n) is 5.78. The Balaban J connectivity index is 1.79. The monoisotopic (exact) mass is 532 g/mol. The van der Waals surface area contributed by atoms with E-state index in [4.69, 9.17) is 9.72 Å². The van der Waals surface area contributed by atoms with Crippen LogP contribution in [-0.2, 0) is 21.6 Å². The molecular weight excluding hydrogens is 504 g/mol. The minimum atomic E-state index is -3.70. The summed E-state index contributed by atoms with van der Waals surface area (Å²) in [4.78, 5) is 20.7. The van der Waals surface area contributed by atoms with E-state index in [0.717, 1.165) is 41.6 Å². The number of benzene rings is 1. The fourth-order valence-corrected chi connectivity index (χ4v) is 6.61. The molecule has 1 aliphatic heterocycles. The van der Waals surface area contributed by atoms with E-state index >= 15 is 0 Å². The van der Waals surface area contributed by atoms with Crippen LogP contribution < -0.4 is 5.56 Å². The molecule has 196 valence electrons. The molecule has 5 aromatic rings. The molecule has 11 heteroatoms. The number of hydrogen-bond donors (Lipinski definition) is 1. The molecule has 1 aliphatic rings. The average molecular weight is 533 g/mol. The first-order chi connectivity index (χ1) is 18.3. The Kier molecular flexibility index (Phi) is 5.92. The maximum atomic E-state index is 13.3. The van der Waals surface area contributed by atoms with Gasteiger partial charge in [0.25, 0.3) is 5.56 Å². The lowest BCUT2D eigenvalue weighted by Crippen LogP contribution is -2.27. The van der Waals surface area contributed by atoms with Crippen LogP contribution in [0.15, 0.2) is 58.5 Å². The molecule has 38 heavy (non-hydrogen) atoms. The number of sulfone groups is 1. The lowest BCUT2D eigenvalue weighted by molar-refractivity contribution is 0.0552. The van der Waals surface area contributed by atoms with Crippen LogP contribution in [0.25, 0.3) is 33.2 Å². The normalized spacial score (nSPS) is 15.9. The maximum absolute atomic E-state index is 13.3. The smallest absolute Gasteiger partial charge is 0.259 e. The van der Waals surface area contributed by atoms with Crippen molar-refractivity contribution < 1.29 is 13.2 Å². The van der Waals surface area contributed by atoms with Crippen LogP contribution in [0.1, 0.15) is 30.1 Å². The van der Waals surface area contributed by atoms with Gasteiger partial charge in [0.05, 0.1) is 33.8 Å². The molecular formula is C27H28N6O4S. The van der Waals surface area contributed by atoms with Crippen LogP contribution >= 0.6 is 0 Å². The SMILES string of the molecule is Cc1nnn(C)c1-c1cnc2c3c(=O)[nH]cc(S(C)(=O)=O)c3n([C@H](c3ccccc3)C3CCOCC3)c2c1. The molecule has 0 spiro atoms. The van der Waals surface area contributed by atoms with E-state index in [2.05, 4.69) is 27.4 Å². The second-order valence-corrected chi connectivity index (χ2v) is 11.9. The van der Waals surface area contributed by atoms with E-state index in [1.807, 2.05) is 42.8 Å². The van der Waals surface area contributed by atoms with E-state index in [0.29, 0.717) is 29.8 Å². The Morgan fingerprint density at radius 1 is 1.16 bits per heavy atom. The summed E-state index contributed by atoms with van der Waals surface area (Å²) in [6.45, 7) is 3.12. The zero-order valence-electron chi connectivity index (χ0n) is 21.4. The van der Waals surface area contributed by atoms with Crippen LogP contribution in [0.4, 0.5) is 0 Å². The van der Waals surface area contributed by atoms with Gasteiger partial charge in [-0.1, -0.05) is 35.5 Å². The molecule has 0 unspecified atom stereocenters. The van der Waals surface area contributed by atoms with Crippen molar-refractivity contribution in [3.05, 3.63) is 70.4 Å². The molecule has 1 saturated heterocycles. The molecule has 5 heterocycles. The van der Waals surface area contributed by atoms with Crippen molar-refractivity contribution in [3.63, 3.8) is 0 Å². The summed E-state index contributed by atoms with van der Waals surface area (Å²) in [6.07, 6.45) is 5.76. The predicted octanol–water partition coefficient (Wildman–Crippen LogP) is 3.40. The van der Waals surface area contributed by atoms with Gasteiger partial charge in [0, 0.05) is 44.5 Å². The van der Waals surface area contributed by atoms with E-state index in [9.17, 15) is 13.2 Å². The third-order valence-corrected chi connectivity index (χ3v) is 8.55. The number of rotatable bonds is 5. The number of pyridine rings is 2. The fraction of sp³-hybridized carbons (Fsp3) is 0.333. The van der Waals surface area contributed by atoms with Gasteiger partial charge >= 0.3 is 0 Å². The Labute approximate surface area is 219 Å². The highest BCUT2D eigenvalue weighted by Gasteiger charge is 2.33. The van der Waals surface area contributed by atoms with Crippen molar-refractivity contribution in [2.75, 3.05) is 19.5 Å². The van der Waals surface area contributed by atoms with Gasteiger partial charge in [0.1, 0.15) is 10.4 Å². The Morgan fingerprint density at radius 3 is 2.55 bits per heavy atom. The largest absolute Gasteiger partial charge is 0.381 e. The topological polar surface area (TPSA) is 125 Å². The van der Waals surface area contributed by atoms with Crippen LogP contribution in [0.3, 0.4) is 0 Å². The molecule has 0 saturated carbocycles. The summed E-state index contributed by atoms with van der Waals surface area (Å²) in [5, 5.41) is 8.59. The second-order valence-electron chi connectivity index (χ2n) is 9.89. The summed E-state index contributed by atoms with van der Waals surface area (Å²) in [6, 6.07) is 11.7. The van der Waals surface area contributed by atoms with Gasteiger partial charge in [-0.05, 0) is 37.3 Å². The van der Waals surface area contributed by atoms with Crippen LogP contribution in [0.5, 0.6) is 0 Å². The number of ether oxygens (including phenoxy) is 1. The number of aryl methyl sites for hydroxylation is 2. The number of fused-ring (bicyclic) bond motifs is 3. The zero-order chi connectivity index (χ0) is 26.6. The second kappa shape index (κ2) is 9.17. The highest BCUT2D eigenvalue weighted by atomic mass is 32.2. The lowest BCUT2D eigenvalue weighted by atomic mass is 9.86. The van der Waals surface area contributed by atoms with Crippen molar-refractivity contribution in [2.24, 2.45) is 13.0 Å². The Bertz CT molecular complexity index is 1810. The van der Waals surface area contributed by atoms with Gasteiger partial charge in [-0.3, -0.25) is 9.78 Å². The molecule has 1 aromatic carbocycles. The summed E-state index contributed by atoms with van der Waals surface area (Å²) in [5.74, 6) is 0.153. The highest BCUT2D eigenvalue weighted by molar-refractivity contribution is 7.91. The van der Waals surface area contributed by atoms with Crippen molar-refractivity contribution in [1.29, 1.82) is 0 Å². The average Bonchev–Trinajstić information content (AvgIpc) is 3.42. The highest BCUT2D eigenvalue weighted by Crippen LogP contribution is 2.41. The summed E-state index contributed by atoms with van der Waals surface area (Å²) in [5.41, 5.74) is 4.48. The van der Waals surface area contributed by atoms with Crippen molar-refractivity contribution >= 4 is 31.8 Å². The van der Waals surface area contributed by atoms with Crippen LogP contribution in [0.2, 0.25) is 0 Å². The predicted molar refractivity (Wildman–Crippen MR) is 144 cm³/mol. The number of aromatic amines is 1. The van der Waals surface area contributed by atoms with Gasteiger partial charge in [0.15, 0.2) is 9.84 Å². The number of H-pyrrole nitrogens is 1. The molecule has 0 bridgehead atoms. The van der Waals surface area contributed by atoms with Gasteiger partial charge in [-0.25, -0.2) is 13.1 Å². The molecule has 1 fully saturated rings. The number of nitrogens with one attached hydrogen (secondary N) is 1. The third kappa shape index (κ3) is 3.93. The van der Waals surface area contributed by atoms with Gasteiger partial charge < -0.3 is 14.3 Å². The Morgan fingerprint density at radius 2 is 1.89 bits per heavy atom. The van der Waals surface area contributed by atoms with E-state index < -0.39 is 9.84 Å². The molecule has 4 aromatic heterocycles. The van der Waals surface area contributed by atoms with E-state index in [1.165, 1.54) is 6.20 Å². The summed E-state index contributed by atoms with van der Waals surface area (Å²) >= 11 is 0. The number of aromatic nitrogens is 6. The first-order valence-corrected chi connectivity index (χ1v) is 14.4. The van der Waals surface area contributed by atoms with Crippen LogP contribution in [-0.4, -0.2) is 57.4 Å².